The Morgan fingerprint density at radius 3 is 2.55 bits per heavy atom. The summed E-state index contributed by atoms with van der Waals surface area (Å²) in [5.41, 5.74) is 0. The van der Waals surface area contributed by atoms with Crippen LogP contribution in [-0.4, -0.2) is 47.2 Å². The lowest BCUT2D eigenvalue weighted by atomic mass is 10.2. The molecule has 126 valence electrons. The van der Waals surface area contributed by atoms with Gasteiger partial charge in [-0.1, -0.05) is 0 Å². The third-order valence-electron chi connectivity index (χ3n) is 3.35. The number of halogens is 1. The highest BCUT2D eigenvalue weighted by Crippen LogP contribution is 2.12. The summed E-state index contributed by atoms with van der Waals surface area (Å²) in [6, 6.07) is 2.81. The molecule has 1 saturated heterocycles. The summed E-state index contributed by atoms with van der Waals surface area (Å²) in [5, 5.41) is 3.15. The molecule has 0 aliphatic carbocycles. The van der Waals surface area contributed by atoms with Gasteiger partial charge in [0.1, 0.15) is 4.90 Å². The van der Waals surface area contributed by atoms with Crippen LogP contribution in [-0.2, 0) is 19.9 Å². The number of pyridine rings is 1. The third kappa shape index (κ3) is 5.17. The minimum Gasteiger partial charge on any atom is -0.314 e. The average Bonchev–Trinajstić information content (AvgIpc) is 2.91. The smallest absolute Gasteiger partial charge is 0.242 e. The fraction of sp³-hybridized carbons (Fsp3) is 0.583. The zero-order valence-corrected chi connectivity index (χ0v) is 14.6. The molecule has 0 amide bonds. The van der Waals surface area contributed by atoms with Crippen LogP contribution >= 0.6 is 12.4 Å². The van der Waals surface area contributed by atoms with Crippen LogP contribution in [0.2, 0.25) is 0 Å². The molecule has 0 radical (unpaired) electrons. The largest absolute Gasteiger partial charge is 0.314 e. The summed E-state index contributed by atoms with van der Waals surface area (Å²) >= 11 is 0. The maximum Gasteiger partial charge on any atom is 0.242 e. The fourth-order valence-electron chi connectivity index (χ4n) is 2.20. The standard InChI is InChI=1S/C12H19N3O4S2.ClH/c1-20(16,17)12-5-4-11(9-14-12)21(18,19)15-8-6-10-3-2-7-13-10;/h4-5,9-10,13,15H,2-3,6-8H2,1H3;1H/t10-;/m1./s1. The lowest BCUT2D eigenvalue weighted by Gasteiger charge is -2.11. The first-order valence-corrected chi connectivity index (χ1v) is 10.1. The Morgan fingerprint density at radius 2 is 2.05 bits per heavy atom. The molecule has 7 nitrogen and oxygen atoms in total. The van der Waals surface area contributed by atoms with Crippen molar-refractivity contribution in [3.8, 4) is 0 Å². The second kappa shape index (κ2) is 7.69. The van der Waals surface area contributed by atoms with E-state index in [1.807, 2.05) is 0 Å². The number of hydrogen-bond acceptors (Lipinski definition) is 6. The molecule has 1 aromatic rings. The molecule has 0 aromatic carbocycles. The highest BCUT2D eigenvalue weighted by Gasteiger charge is 2.18. The topological polar surface area (TPSA) is 105 Å². The van der Waals surface area contributed by atoms with E-state index in [1.54, 1.807) is 0 Å². The van der Waals surface area contributed by atoms with Gasteiger partial charge in [0.05, 0.1) is 0 Å². The van der Waals surface area contributed by atoms with Crippen molar-refractivity contribution < 1.29 is 16.8 Å². The Balaban J connectivity index is 0.00000242. The van der Waals surface area contributed by atoms with E-state index in [0.717, 1.165) is 38.3 Å². The van der Waals surface area contributed by atoms with Crippen LogP contribution in [0.1, 0.15) is 19.3 Å². The molecule has 1 fully saturated rings. The predicted octanol–water partition coefficient (Wildman–Crippen LogP) is 0.327. The molecular weight excluding hydrogens is 350 g/mol. The van der Waals surface area contributed by atoms with E-state index in [4.69, 9.17) is 0 Å². The first kappa shape index (κ1) is 19.3. The Labute approximate surface area is 137 Å². The van der Waals surface area contributed by atoms with Gasteiger partial charge >= 0.3 is 0 Å². The van der Waals surface area contributed by atoms with E-state index < -0.39 is 19.9 Å². The quantitative estimate of drug-likeness (QED) is 0.748. The van der Waals surface area contributed by atoms with Crippen molar-refractivity contribution >= 4 is 32.3 Å². The minimum atomic E-state index is -3.65. The van der Waals surface area contributed by atoms with Crippen LogP contribution in [0.15, 0.2) is 28.3 Å². The minimum absolute atomic E-state index is 0. The molecule has 1 atom stereocenters. The van der Waals surface area contributed by atoms with Gasteiger partial charge < -0.3 is 5.32 Å². The Bertz CT molecular complexity index is 684. The summed E-state index contributed by atoms with van der Waals surface area (Å²) in [6.45, 7) is 1.32. The normalized spacial score (nSPS) is 18.9. The van der Waals surface area contributed by atoms with Crippen molar-refractivity contribution in [2.45, 2.75) is 35.2 Å². The van der Waals surface area contributed by atoms with E-state index in [1.165, 1.54) is 12.1 Å². The molecule has 22 heavy (non-hydrogen) atoms. The monoisotopic (exact) mass is 369 g/mol. The number of sulfone groups is 1. The van der Waals surface area contributed by atoms with Gasteiger partial charge in [-0.2, -0.15) is 0 Å². The Hall–Kier alpha value is -0.740. The van der Waals surface area contributed by atoms with Crippen LogP contribution in [0.3, 0.4) is 0 Å². The van der Waals surface area contributed by atoms with Crippen molar-refractivity contribution in [3.63, 3.8) is 0 Å². The van der Waals surface area contributed by atoms with Crippen molar-refractivity contribution in [1.29, 1.82) is 0 Å². The second-order valence-corrected chi connectivity index (χ2v) is 8.81. The van der Waals surface area contributed by atoms with Crippen molar-refractivity contribution in [1.82, 2.24) is 15.0 Å². The molecular formula is C12H20ClN3O4S2. The zero-order valence-electron chi connectivity index (χ0n) is 12.1. The Kier molecular flexibility index (Phi) is 6.75. The predicted molar refractivity (Wildman–Crippen MR) is 85.4 cm³/mol. The molecule has 2 rings (SSSR count). The number of hydrogen-bond donors (Lipinski definition) is 2. The first-order valence-electron chi connectivity index (χ1n) is 6.68. The summed E-state index contributed by atoms with van der Waals surface area (Å²) in [7, 11) is -7.08. The maximum absolute atomic E-state index is 12.0. The Morgan fingerprint density at radius 1 is 1.32 bits per heavy atom. The van der Waals surface area contributed by atoms with Gasteiger partial charge in [-0.3, -0.25) is 0 Å². The van der Waals surface area contributed by atoms with Crippen LogP contribution in [0.25, 0.3) is 0 Å². The number of rotatable bonds is 6. The molecule has 1 aliphatic rings. The molecule has 1 aromatic heterocycles. The summed E-state index contributed by atoms with van der Waals surface area (Å²) < 4.78 is 49.2. The SMILES string of the molecule is CS(=O)(=O)c1ccc(S(=O)(=O)NCC[C@H]2CCCN2)cn1.Cl. The average molecular weight is 370 g/mol. The van der Waals surface area contributed by atoms with E-state index in [-0.39, 0.29) is 22.3 Å². The van der Waals surface area contributed by atoms with E-state index in [2.05, 4.69) is 15.0 Å². The lowest BCUT2D eigenvalue weighted by molar-refractivity contribution is 0.539. The van der Waals surface area contributed by atoms with Gasteiger partial charge in [-0.05, 0) is 37.9 Å². The van der Waals surface area contributed by atoms with Crippen molar-refractivity contribution in [2.75, 3.05) is 19.3 Å². The van der Waals surface area contributed by atoms with Crippen LogP contribution < -0.4 is 10.0 Å². The second-order valence-electron chi connectivity index (χ2n) is 5.08. The molecule has 0 unspecified atom stereocenters. The van der Waals surface area contributed by atoms with Crippen LogP contribution in [0.5, 0.6) is 0 Å². The van der Waals surface area contributed by atoms with Gasteiger partial charge in [0, 0.05) is 25.0 Å². The van der Waals surface area contributed by atoms with Gasteiger partial charge in [0.2, 0.25) is 10.0 Å². The van der Waals surface area contributed by atoms with Crippen molar-refractivity contribution in [2.24, 2.45) is 0 Å². The molecule has 1 aliphatic heterocycles. The zero-order chi connectivity index (χ0) is 15.5. The summed E-state index contributed by atoms with van der Waals surface area (Å²) in [5.74, 6) is 0. The summed E-state index contributed by atoms with van der Waals surface area (Å²) in [4.78, 5) is 3.65. The van der Waals surface area contributed by atoms with E-state index in [0.29, 0.717) is 12.6 Å². The highest BCUT2D eigenvalue weighted by molar-refractivity contribution is 7.90. The van der Waals surface area contributed by atoms with Gasteiger partial charge in [-0.25, -0.2) is 26.5 Å². The molecule has 10 heteroatoms. The molecule has 0 spiro atoms. The fourth-order valence-corrected chi connectivity index (χ4v) is 3.75. The lowest BCUT2D eigenvalue weighted by Crippen LogP contribution is -2.30. The maximum atomic E-state index is 12.0. The summed E-state index contributed by atoms with van der Waals surface area (Å²) in [6.07, 6.45) is 5.00. The molecule has 0 bridgehead atoms. The molecule has 2 heterocycles. The van der Waals surface area contributed by atoms with Crippen LogP contribution in [0.4, 0.5) is 0 Å². The number of sulfonamides is 1. The first-order chi connectivity index (χ1) is 9.79. The van der Waals surface area contributed by atoms with Gasteiger partial charge in [0.15, 0.2) is 14.9 Å². The van der Waals surface area contributed by atoms with Crippen molar-refractivity contribution in [3.05, 3.63) is 18.3 Å². The van der Waals surface area contributed by atoms with E-state index >= 15 is 0 Å². The third-order valence-corrected chi connectivity index (χ3v) is 5.79. The molecule has 2 N–H and O–H groups in total. The number of nitrogens with one attached hydrogen (secondary N) is 2. The number of nitrogens with zero attached hydrogens (tertiary/aromatic N) is 1. The van der Waals surface area contributed by atoms with Gasteiger partial charge in [0.25, 0.3) is 0 Å². The van der Waals surface area contributed by atoms with Gasteiger partial charge in [-0.15, -0.1) is 12.4 Å². The molecule has 0 saturated carbocycles. The number of aromatic nitrogens is 1. The van der Waals surface area contributed by atoms with E-state index in [9.17, 15) is 16.8 Å². The highest BCUT2D eigenvalue weighted by atomic mass is 35.5. The van der Waals surface area contributed by atoms with Crippen LogP contribution in [0, 0.1) is 0 Å².